The molecular formula is C11H14FNO2. The Morgan fingerprint density at radius 3 is 2.93 bits per heavy atom. The fourth-order valence-electron chi connectivity index (χ4n) is 1.65. The molecule has 0 bridgehead atoms. The van der Waals surface area contributed by atoms with Crippen LogP contribution in [-0.2, 0) is 0 Å². The molecule has 82 valence electrons. The highest BCUT2D eigenvalue weighted by Gasteiger charge is 2.18. The van der Waals surface area contributed by atoms with Gasteiger partial charge in [0.05, 0.1) is 7.11 Å². The lowest BCUT2D eigenvalue weighted by molar-refractivity contribution is 0.212. The van der Waals surface area contributed by atoms with Crippen molar-refractivity contribution in [1.82, 2.24) is 5.32 Å². The van der Waals surface area contributed by atoms with Crippen molar-refractivity contribution >= 4 is 0 Å². The Bertz CT molecular complexity index is 337. The Labute approximate surface area is 88.2 Å². The van der Waals surface area contributed by atoms with Crippen LogP contribution in [0.1, 0.15) is 6.42 Å². The largest absolute Gasteiger partial charge is 0.493 e. The van der Waals surface area contributed by atoms with Crippen LogP contribution in [0.4, 0.5) is 4.39 Å². The van der Waals surface area contributed by atoms with Crippen molar-refractivity contribution in [3.05, 3.63) is 24.0 Å². The molecule has 15 heavy (non-hydrogen) atoms. The van der Waals surface area contributed by atoms with Crippen LogP contribution in [0.3, 0.4) is 0 Å². The maximum atomic E-state index is 13.0. The number of hydrogen-bond donors (Lipinski definition) is 1. The van der Waals surface area contributed by atoms with Crippen molar-refractivity contribution in [3.63, 3.8) is 0 Å². The Morgan fingerprint density at radius 1 is 1.40 bits per heavy atom. The fourth-order valence-corrected chi connectivity index (χ4v) is 1.65. The Balaban J connectivity index is 2.14. The molecule has 4 heteroatoms. The zero-order valence-electron chi connectivity index (χ0n) is 8.63. The van der Waals surface area contributed by atoms with Crippen LogP contribution in [0.2, 0.25) is 0 Å². The fraction of sp³-hybridized carbons (Fsp3) is 0.455. The van der Waals surface area contributed by atoms with Gasteiger partial charge in [-0.3, -0.25) is 0 Å². The van der Waals surface area contributed by atoms with Crippen LogP contribution >= 0.6 is 0 Å². The molecule has 1 aromatic rings. The summed E-state index contributed by atoms with van der Waals surface area (Å²) >= 11 is 0. The highest BCUT2D eigenvalue weighted by atomic mass is 19.1. The first-order chi connectivity index (χ1) is 7.29. The third kappa shape index (κ3) is 2.39. The SMILES string of the molecule is COc1ccc(F)cc1OC1CCNC1. The summed E-state index contributed by atoms with van der Waals surface area (Å²) in [6, 6.07) is 4.29. The monoisotopic (exact) mass is 211 g/mol. The summed E-state index contributed by atoms with van der Waals surface area (Å²) in [5.74, 6) is 0.742. The predicted molar refractivity (Wildman–Crippen MR) is 54.9 cm³/mol. The van der Waals surface area contributed by atoms with E-state index in [9.17, 15) is 4.39 Å². The molecule has 0 saturated carbocycles. The minimum atomic E-state index is -0.309. The van der Waals surface area contributed by atoms with Gasteiger partial charge >= 0.3 is 0 Å². The maximum Gasteiger partial charge on any atom is 0.164 e. The van der Waals surface area contributed by atoms with E-state index in [1.54, 1.807) is 13.2 Å². The normalized spacial score (nSPS) is 20.3. The van der Waals surface area contributed by atoms with Crippen LogP contribution in [0.15, 0.2) is 18.2 Å². The summed E-state index contributed by atoms with van der Waals surface area (Å²) in [7, 11) is 1.55. The van der Waals surface area contributed by atoms with Crippen molar-refractivity contribution in [2.45, 2.75) is 12.5 Å². The number of nitrogens with one attached hydrogen (secondary N) is 1. The predicted octanol–water partition coefficient (Wildman–Crippen LogP) is 1.57. The molecule has 1 aliphatic rings. The van der Waals surface area contributed by atoms with E-state index in [4.69, 9.17) is 9.47 Å². The molecule has 0 amide bonds. The van der Waals surface area contributed by atoms with Gasteiger partial charge in [0.1, 0.15) is 11.9 Å². The third-order valence-electron chi connectivity index (χ3n) is 2.43. The van der Waals surface area contributed by atoms with Gasteiger partial charge in [0.2, 0.25) is 0 Å². The van der Waals surface area contributed by atoms with Crippen molar-refractivity contribution in [3.8, 4) is 11.5 Å². The average molecular weight is 211 g/mol. The number of rotatable bonds is 3. The molecule has 1 unspecified atom stereocenters. The van der Waals surface area contributed by atoms with Crippen LogP contribution in [0, 0.1) is 5.82 Å². The second-order valence-corrected chi connectivity index (χ2v) is 3.53. The van der Waals surface area contributed by atoms with Gasteiger partial charge in [-0.1, -0.05) is 0 Å². The van der Waals surface area contributed by atoms with Crippen LogP contribution in [-0.4, -0.2) is 26.3 Å². The smallest absolute Gasteiger partial charge is 0.164 e. The summed E-state index contributed by atoms with van der Waals surface area (Å²) in [5, 5.41) is 3.19. The molecule has 1 aromatic carbocycles. The van der Waals surface area contributed by atoms with E-state index in [1.807, 2.05) is 0 Å². The average Bonchev–Trinajstić information content (AvgIpc) is 2.71. The quantitative estimate of drug-likeness (QED) is 0.823. The lowest BCUT2D eigenvalue weighted by Gasteiger charge is -2.15. The summed E-state index contributed by atoms with van der Waals surface area (Å²) in [6.07, 6.45) is 1.06. The lowest BCUT2D eigenvalue weighted by atomic mass is 10.3. The molecule has 1 fully saturated rings. The van der Waals surface area contributed by atoms with Crippen molar-refractivity contribution < 1.29 is 13.9 Å². The Hall–Kier alpha value is -1.29. The van der Waals surface area contributed by atoms with E-state index >= 15 is 0 Å². The summed E-state index contributed by atoms with van der Waals surface area (Å²) in [4.78, 5) is 0. The summed E-state index contributed by atoms with van der Waals surface area (Å²) in [6.45, 7) is 1.75. The third-order valence-corrected chi connectivity index (χ3v) is 2.43. The van der Waals surface area contributed by atoms with Gasteiger partial charge in [-0.25, -0.2) is 4.39 Å². The number of ether oxygens (including phenoxy) is 2. The number of benzene rings is 1. The van der Waals surface area contributed by atoms with Gasteiger partial charge in [0.25, 0.3) is 0 Å². The molecule has 2 rings (SSSR count). The first-order valence-corrected chi connectivity index (χ1v) is 5.00. The molecule has 1 heterocycles. The molecule has 0 radical (unpaired) electrons. The van der Waals surface area contributed by atoms with Crippen LogP contribution in [0.5, 0.6) is 11.5 Å². The second kappa shape index (κ2) is 4.49. The van der Waals surface area contributed by atoms with E-state index < -0.39 is 0 Å². The van der Waals surface area contributed by atoms with Crippen molar-refractivity contribution in [1.29, 1.82) is 0 Å². The van der Waals surface area contributed by atoms with Crippen LogP contribution in [0.25, 0.3) is 0 Å². The second-order valence-electron chi connectivity index (χ2n) is 3.53. The molecule has 0 aliphatic carbocycles. The van der Waals surface area contributed by atoms with Crippen molar-refractivity contribution in [2.75, 3.05) is 20.2 Å². The molecule has 1 atom stereocenters. The first-order valence-electron chi connectivity index (χ1n) is 5.00. The first kappa shape index (κ1) is 10.2. The lowest BCUT2D eigenvalue weighted by Crippen LogP contribution is -2.19. The van der Waals surface area contributed by atoms with Gasteiger partial charge in [0.15, 0.2) is 11.5 Å². The molecule has 1 N–H and O–H groups in total. The highest BCUT2D eigenvalue weighted by molar-refractivity contribution is 5.40. The molecule has 3 nitrogen and oxygen atoms in total. The van der Waals surface area contributed by atoms with E-state index in [-0.39, 0.29) is 11.9 Å². The van der Waals surface area contributed by atoms with Gasteiger partial charge in [-0.2, -0.15) is 0 Å². The molecule has 1 saturated heterocycles. The molecule has 0 aromatic heterocycles. The highest BCUT2D eigenvalue weighted by Crippen LogP contribution is 2.29. The van der Waals surface area contributed by atoms with Crippen LogP contribution < -0.4 is 14.8 Å². The van der Waals surface area contributed by atoms with Gasteiger partial charge in [-0.05, 0) is 25.1 Å². The van der Waals surface area contributed by atoms with Gasteiger partial charge in [0, 0.05) is 12.6 Å². The van der Waals surface area contributed by atoms with Gasteiger partial charge < -0.3 is 14.8 Å². The summed E-state index contributed by atoms with van der Waals surface area (Å²) < 4.78 is 23.8. The topological polar surface area (TPSA) is 30.5 Å². The minimum Gasteiger partial charge on any atom is -0.493 e. The van der Waals surface area contributed by atoms with E-state index in [1.165, 1.54) is 12.1 Å². The maximum absolute atomic E-state index is 13.0. The van der Waals surface area contributed by atoms with Gasteiger partial charge in [-0.15, -0.1) is 0 Å². The number of methoxy groups -OCH3 is 1. The van der Waals surface area contributed by atoms with E-state index in [2.05, 4.69) is 5.32 Å². The number of hydrogen-bond acceptors (Lipinski definition) is 3. The number of halogens is 1. The van der Waals surface area contributed by atoms with E-state index in [0.717, 1.165) is 19.5 Å². The summed E-state index contributed by atoms with van der Waals surface area (Å²) in [5.41, 5.74) is 0. The zero-order chi connectivity index (χ0) is 10.7. The minimum absolute atomic E-state index is 0.112. The Kier molecular flexibility index (Phi) is 3.06. The zero-order valence-corrected chi connectivity index (χ0v) is 8.63. The van der Waals surface area contributed by atoms with Crippen molar-refractivity contribution in [2.24, 2.45) is 0 Å². The van der Waals surface area contributed by atoms with E-state index in [0.29, 0.717) is 11.5 Å². The molecule has 1 aliphatic heterocycles. The molecule has 0 spiro atoms. The molecular weight excluding hydrogens is 197 g/mol. The Morgan fingerprint density at radius 2 is 2.27 bits per heavy atom. The standard InChI is InChI=1S/C11H14FNO2/c1-14-10-3-2-8(12)6-11(10)15-9-4-5-13-7-9/h2-3,6,9,13H,4-5,7H2,1H3.